The molecule has 4 aromatic rings. The second-order valence-corrected chi connectivity index (χ2v) is 8.43. The van der Waals surface area contributed by atoms with E-state index < -0.39 is 17.7 Å². The van der Waals surface area contributed by atoms with Crippen molar-refractivity contribution in [3.05, 3.63) is 107 Å². The first-order valence-electron chi connectivity index (χ1n) is 11.4. The topological polar surface area (TPSA) is 86.3 Å². The van der Waals surface area contributed by atoms with Crippen molar-refractivity contribution < 1.29 is 14.7 Å². The number of aromatic amines is 1. The zero-order valence-corrected chi connectivity index (χ0v) is 18.9. The molecular weight excluding hydrogens is 426 g/mol. The molecule has 0 saturated carbocycles. The summed E-state index contributed by atoms with van der Waals surface area (Å²) < 4.78 is 0. The Kier molecular flexibility index (Phi) is 5.72. The van der Waals surface area contributed by atoms with E-state index in [1.165, 1.54) is 0 Å². The van der Waals surface area contributed by atoms with Gasteiger partial charge in [-0.3, -0.25) is 14.6 Å². The number of nitrogens with one attached hydrogen (secondary N) is 1. The molecule has 5 rings (SSSR count). The van der Waals surface area contributed by atoms with Gasteiger partial charge in [0.15, 0.2) is 0 Å². The lowest BCUT2D eigenvalue weighted by molar-refractivity contribution is -0.139. The number of nitrogens with zero attached hydrogens (tertiary/aromatic N) is 2. The number of carbonyl (C=O) groups excluding carboxylic acids is 2. The van der Waals surface area contributed by atoms with Crippen molar-refractivity contribution in [2.45, 2.75) is 25.8 Å². The summed E-state index contributed by atoms with van der Waals surface area (Å²) in [4.78, 5) is 35.2. The highest BCUT2D eigenvalue weighted by Crippen LogP contribution is 2.39. The van der Waals surface area contributed by atoms with Crippen molar-refractivity contribution in [2.75, 3.05) is 6.54 Å². The first-order valence-corrected chi connectivity index (χ1v) is 11.4. The second-order valence-electron chi connectivity index (χ2n) is 8.43. The van der Waals surface area contributed by atoms with Crippen LogP contribution in [-0.2, 0) is 22.4 Å². The van der Waals surface area contributed by atoms with Crippen molar-refractivity contribution in [2.24, 2.45) is 0 Å². The largest absolute Gasteiger partial charge is 0.507 e. The van der Waals surface area contributed by atoms with E-state index in [1.807, 2.05) is 54.7 Å². The number of para-hydroxylation sites is 1. The Morgan fingerprint density at radius 3 is 2.50 bits per heavy atom. The maximum atomic E-state index is 13.2. The number of likely N-dealkylation sites (tertiary alicyclic amines) is 1. The number of pyridine rings is 1. The van der Waals surface area contributed by atoms with Crippen LogP contribution in [0, 0.1) is 0 Å². The van der Waals surface area contributed by atoms with Crippen LogP contribution in [0.1, 0.15) is 35.2 Å². The number of hydrogen-bond donors (Lipinski definition) is 2. The van der Waals surface area contributed by atoms with Crippen LogP contribution in [0.4, 0.5) is 0 Å². The summed E-state index contributed by atoms with van der Waals surface area (Å²) in [5.74, 6) is -1.45. The highest BCUT2D eigenvalue weighted by atomic mass is 16.3. The molecule has 1 saturated heterocycles. The Bertz CT molecular complexity index is 1390. The molecule has 0 radical (unpaired) electrons. The molecule has 6 nitrogen and oxygen atoms in total. The highest BCUT2D eigenvalue weighted by molar-refractivity contribution is 6.46. The lowest BCUT2D eigenvalue weighted by Gasteiger charge is -2.25. The lowest BCUT2D eigenvalue weighted by Crippen LogP contribution is -2.31. The molecule has 0 aliphatic carbocycles. The van der Waals surface area contributed by atoms with E-state index in [-0.39, 0.29) is 11.3 Å². The first-order chi connectivity index (χ1) is 16.6. The number of aryl methyl sites for hydroxylation is 1. The van der Waals surface area contributed by atoms with Gasteiger partial charge in [-0.05, 0) is 47.7 Å². The predicted molar refractivity (Wildman–Crippen MR) is 131 cm³/mol. The molecular formula is C28H25N3O3. The van der Waals surface area contributed by atoms with Gasteiger partial charge in [-0.2, -0.15) is 0 Å². The summed E-state index contributed by atoms with van der Waals surface area (Å²) in [6, 6.07) is 18.5. The normalized spacial score (nSPS) is 17.6. The molecule has 6 heteroatoms. The number of rotatable bonds is 6. The third-order valence-corrected chi connectivity index (χ3v) is 6.49. The van der Waals surface area contributed by atoms with Crippen molar-refractivity contribution in [1.82, 2.24) is 14.9 Å². The Balaban J connectivity index is 1.56. The van der Waals surface area contributed by atoms with Gasteiger partial charge in [-0.25, -0.2) is 0 Å². The Hall–Kier alpha value is -4.19. The Morgan fingerprint density at radius 2 is 1.76 bits per heavy atom. The average molecular weight is 452 g/mol. The molecule has 2 N–H and O–H groups in total. The Labute approximate surface area is 197 Å². The molecule has 0 spiro atoms. The Morgan fingerprint density at radius 1 is 1.03 bits per heavy atom. The van der Waals surface area contributed by atoms with E-state index in [0.29, 0.717) is 18.5 Å². The number of H-pyrrole nitrogens is 1. The van der Waals surface area contributed by atoms with Gasteiger partial charge in [0.25, 0.3) is 11.7 Å². The minimum absolute atomic E-state index is 0.111. The van der Waals surface area contributed by atoms with Crippen molar-refractivity contribution in [1.29, 1.82) is 0 Å². The molecule has 1 unspecified atom stereocenters. The van der Waals surface area contributed by atoms with Crippen molar-refractivity contribution in [3.8, 4) is 0 Å². The standard InChI is InChI=1S/C28H25N3O3/c1-2-18-7-9-19(10-8-18)25-24(26(32)20-11-14-29-15-12-20)27(33)28(34)31(25)16-13-21-17-30-23-6-4-3-5-22(21)23/h3-12,14-15,17,25,30,32H,2,13,16H2,1H3. The molecule has 170 valence electrons. The minimum atomic E-state index is -0.669. The van der Waals surface area contributed by atoms with Gasteiger partial charge in [-0.15, -0.1) is 0 Å². The van der Waals surface area contributed by atoms with Gasteiger partial charge in [0, 0.05) is 41.6 Å². The SMILES string of the molecule is CCc1ccc(C2C(=C(O)c3ccncc3)C(=O)C(=O)N2CCc2c[nH]c3ccccc23)cc1. The maximum absolute atomic E-state index is 13.2. The number of aliphatic hydroxyl groups excluding tert-OH is 1. The molecule has 1 aliphatic rings. The third-order valence-electron chi connectivity index (χ3n) is 6.49. The van der Waals surface area contributed by atoms with E-state index in [1.54, 1.807) is 29.4 Å². The first kappa shape index (κ1) is 21.6. The number of aliphatic hydroxyl groups is 1. The summed E-state index contributed by atoms with van der Waals surface area (Å²) >= 11 is 0. The summed E-state index contributed by atoms with van der Waals surface area (Å²) in [6.45, 7) is 2.42. The molecule has 1 aliphatic heterocycles. The predicted octanol–water partition coefficient (Wildman–Crippen LogP) is 4.79. The van der Waals surface area contributed by atoms with Gasteiger partial charge in [0.1, 0.15) is 5.76 Å². The van der Waals surface area contributed by atoms with Crippen LogP contribution in [0.2, 0.25) is 0 Å². The van der Waals surface area contributed by atoms with Crippen LogP contribution in [0.3, 0.4) is 0 Å². The molecule has 2 aromatic carbocycles. The number of carbonyl (C=O) groups is 2. The third kappa shape index (κ3) is 3.77. The fourth-order valence-electron chi connectivity index (χ4n) is 4.64. The highest BCUT2D eigenvalue weighted by Gasteiger charge is 2.45. The molecule has 2 aromatic heterocycles. The van der Waals surface area contributed by atoms with Crippen molar-refractivity contribution in [3.63, 3.8) is 0 Å². The number of Topliss-reactive ketones (excluding diaryl/α,β-unsaturated/α-hetero) is 1. The zero-order chi connectivity index (χ0) is 23.7. The number of aromatic nitrogens is 2. The molecule has 1 atom stereocenters. The maximum Gasteiger partial charge on any atom is 0.295 e. The summed E-state index contributed by atoms with van der Waals surface area (Å²) in [7, 11) is 0. The van der Waals surface area contributed by atoms with Crippen LogP contribution < -0.4 is 0 Å². The number of hydrogen-bond acceptors (Lipinski definition) is 4. The summed E-state index contributed by atoms with van der Waals surface area (Å²) in [5.41, 5.74) is 4.63. The second kappa shape index (κ2) is 8.98. The van der Waals surface area contributed by atoms with Gasteiger partial charge >= 0.3 is 0 Å². The van der Waals surface area contributed by atoms with E-state index in [9.17, 15) is 14.7 Å². The van der Waals surface area contributed by atoms with Crippen LogP contribution in [0.25, 0.3) is 16.7 Å². The monoisotopic (exact) mass is 451 g/mol. The molecule has 3 heterocycles. The molecule has 0 bridgehead atoms. The van der Waals surface area contributed by atoms with E-state index in [2.05, 4.69) is 16.9 Å². The number of benzene rings is 2. The van der Waals surface area contributed by atoms with Gasteiger partial charge in [0.05, 0.1) is 11.6 Å². The average Bonchev–Trinajstić information content (AvgIpc) is 3.41. The van der Waals surface area contributed by atoms with Crippen LogP contribution in [0.5, 0.6) is 0 Å². The summed E-state index contributed by atoms with van der Waals surface area (Å²) in [5, 5.41) is 12.2. The van der Waals surface area contributed by atoms with Gasteiger partial charge in [-0.1, -0.05) is 49.4 Å². The molecule has 34 heavy (non-hydrogen) atoms. The number of ketones is 1. The molecule has 1 amide bonds. The van der Waals surface area contributed by atoms with Crippen molar-refractivity contribution >= 4 is 28.4 Å². The fourth-order valence-corrected chi connectivity index (χ4v) is 4.64. The quantitative estimate of drug-likeness (QED) is 0.251. The fraction of sp³-hybridized carbons (Fsp3) is 0.179. The van der Waals surface area contributed by atoms with E-state index >= 15 is 0 Å². The minimum Gasteiger partial charge on any atom is -0.507 e. The van der Waals surface area contributed by atoms with Crippen LogP contribution in [-0.4, -0.2) is 38.2 Å². The van der Waals surface area contributed by atoms with Gasteiger partial charge < -0.3 is 15.0 Å². The summed E-state index contributed by atoms with van der Waals surface area (Å²) in [6.07, 6.45) is 6.51. The van der Waals surface area contributed by atoms with Crippen LogP contribution >= 0.6 is 0 Å². The number of amides is 1. The van der Waals surface area contributed by atoms with E-state index in [4.69, 9.17) is 0 Å². The smallest absolute Gasteiger partial charge is 0.295 e. The lowest BCUT2D eigenvalue weighted by atomic mass is 9.94. The number of fused-ring (bicyclic) bond motifs is 1. The molecule has 1 fully saturated rings. The zero-order valence-electron chi connectivity index (χ0n) is 18.9. The van der Waals surface area contributed by atoms with E-state index in [0.717, 1.165) is 34.0 Å². The van der Waals surface area contributed by atoms with Crippen LogP contribution in [0.15, 0.2) is 84.8 Å². The van der Waals surface area contributed by atoms with Gasteiger partial charge in [0.2, 0.25) is 0 Å².